The minimum Gasteiger partial charge on any atom is -0.330 e. The van der Waals surface area contributed by atoms with Crippen LogP contribution in [0.1, 0.15) is 34.7 Å². The number of aryl methyl sites for hydroxylation is 1. The van der Waals surface area contributed by atoms with Gasteiger partial charge in [-0.15, -0.1) is 23.1 Å². The fourth-order valence-electron chi connectivity index (χ4n) is 1.86. The summed E-state index contributed by atoms with van der Waals surface area (Å²) in [6.45, 7) is 7.49. The molecule has 2 nitrogen and oxygen atoms in total. The van der Waals surface area contributed by atoms with Gasteiger partial charge in [0.2, 0.25) is 0 Å². The Kier molecular flexibility index (Phi) is 4.80. The summed E-state index contributed by atoms with van der Waals surface area (Å²) < 4.78 is 0. The van der Waals surface area contributed by atoms with Crippen LogP contribution in [0.3, 0.4) is 0 Å². The topological polar surface area (TPSA) is 38.9 Å². The molecule has 1 aliphatic heterocycles. The second-order valence-corrected chi connectivity index (χ2v) is 8.58. The quantitative estimate of drug-likeness (QED) is 0.926. The van der Waals surface area contributed by atoms with Crippen LogP contribution >= 0.6 is 34.9 Å². The minimum absolute atomic E-state index is 0.585. The summed E-state index contributed by atoms with van der Waals surface area (Å²) in [5.41, 5.74) is 6.81. The Hall–Kier alpha value is 0.290. The van der Waals surface area contributed by atoms with E-state index in [0.717, 1.165) is 23.5 Å². The lowest BCUT2D eigenvalue weighted by atomic mass is 10.3. The molecular weight excluding hydrogens is 268 g/mol. The predicted octanol–water partition coefficient (Wildman–Crippen LogP) is 3.25. The third-order valence-electron chi connectivity index (χ3n) is 3.11. The van der Waals surface area contributed by atoms with Crippen molar-refractivity contribution >= 4 is 34.9 Å². The van der Waals surface area contributed by atoms with Gasteiger partial charge in [0, 0.05) is 21.1 Å². The summed E-state index contributed by atoms with van der Waals surface area (Å²) in [5, 5.41) is 3.38. The van der Waals surface area contributed by atoms with E-state index < -0.39 is 0 Å². The van der Waals surface area contributed by atoms with E-state index in [1.807, 2.05) is 11.3 Å². The molecule has 0 amide bonds. The maximum absolute atomic E-state index is 5.63. The van der Waals surface area contributed by atoms with Gasteiger partial charge in [0.05, 0.1) is 10.9 Å². The van der Waals surface area contributed by atoms with Crippen LogP contribution in [0.2, 0.25) is 0 Å². The molecule has 0 aromatic carbocycles. The lowest BCUT2D eigenvalue weighted by molar-refractivity contribution is 0.888. The van der Waals surface area contributed by atoms with Gasteiger partial charge in [-0.3, -0.25) is 0 Å². The van der Waals surface area contributed by atoms with Gasteiger partial charge in [-0.1, -0.05) is 13.8 Å². The van der Waals surface area contributed by atoms with Crippen LogP contribution in [0.15, 0.2) is 0 Å². The van der Waals surface area contributed by atoms with E-state index in [9.17, 15) is 0 Å². The van der Waals surface area contributed by atoms with E-state index >= 15 is 0 Å². The van der Waals surface area contributed by atoms with Gasteiger partial charge in [0.25, 0.3) is 0 Å². The Morgan fingerprint density at radius 2 is 2.12 bits per heavy atom. The monoisotopic (exact) mass is 288 g/mol. The van der Waals surface area contributed by atoms with Crippen LogP contribution in [-0.2, 0) is 6.42 Å². The lowest BCUT2D eigenvalue weighted by Gasteiger charge is -2.30. The van der Waals surface area contributed by atoms with Crippen molar-refractivity contribution < 1.29 is 0 Å². The van der Waals surface area contributed by atoms with Crippen LogP contribution in [0.25, 0.3) is 0 Å². The van der Waals surface area contributed by atoms with E-state index in [2.05, 4.69) is 44.3 Å². The lowest BCUT2D eigenvalue weighted by Crippen LogP contribution is -2.21. The van der Waals surface area contributed by atoms with Crippen LogP contribution < -0.4 is 5.73 Å². The molecule has 1 fully saturated rings. The van der Waals surface area contributed by atoms with E-state index in [1.54, 1.807) is 0 Å². The summed E-state index contributed by atoms with van der Waals surface area (Å²) in [4.78, 5) is 6.12. The van der Waals surface area contributed by atoms with Crippen molar-refractivity contribution in [3.8, 4) is 0 Å². The molecule has 0 bridgehead atoms. The van der Waals surface area contributed by atoms with E-state index in [1.165, 1.54) is 21.3 Å². The molecule has 3 unspecified atom stereocenters. The van der Waals surface area contributed by atoms with Gasteiger partial charge >= 0.3 is 0 Å². The number of thioether (sulfide) groups is 2. The first kappa shape index (κ1) is 13.7. The van der Waals surface area contributed by atoms with Crippen molar-refractivity contribution in [1.82, 2.24) is 4.98 Å². The van der Waals surface area contributed by atoms with Crippen LogP contribution in [-0.4, -0.2) is 27.8 Å². The first-order valence-corrected chi connectivity index (χ1v) is 8.86. The fraction of sp³-hybridized carbons (Fsp3) is 0.750. The fourth-order valence-corrected chi connectivity index (χ4v) is 6.14. The number of hydrogen-bond acceptors (Lipinski definition) is 5. The molecule has 0 spiro atoms. The largest absolute Gasteiger partial charge is 0.330 e. The average Bonchev–Trinajstić information content (AvgIpc) is 2.65. The second kappa shape index (κ2) is 5.95. The predicted molar refractivity (Wildman–Crippen MR) is 81.3 cm³/mol. The first-order chi connectivity index (χ1) is 8.11. The molecule has 2 heterocycles. The van der Waals surface area contributed by atoms with E-state index in [-0.39, 0.29) is 0 Å². The van der Waals surface area contributed by atoms with Crippen LogP contribution in [0.4, 0.5) is 0 Å². The molecule has 96 valence electrons. The third kappa shape index (κ3) is 3.19. The number of aromatic nitrogens is 1. The number of nitrogens with two attached hydrogens (primary N) is 1. The SMILES string of the molecule is Cc1nc(C2CSC(C)C(C)S2)sc1CCN. The van der Waals surface area contributed by atoms with Crippen molar-refractivity contribution in [2.45, 2.75) is 42.9 Å². The molecule has 1 aliphatic rings. The summed E-state index contributed by atoms with van der Waals surface area (Å²) in [7, 11) is 0. The standard InChI is InChI=1S/C12H20N2S3/c1-7-10(4-5-13)17-12(14-7)11-6-15-8(2)9(3)16-11/h8-9,11H,4-6,13H2,1-3H3. The average molecular weight is 289 g/mol. The summed E-state index contributed by atoms with van der Waals surface area (Å²) >= 11 is 6.03. The normalized spacial score (nSPS) is 29.5. The van der Waals surface area contributed by atoms with Gasteiger partial charge in [-0.25, -0.2) is 4.98 Å². The highest BCUT2D eigenvalue weighted by Gasteiger charge is 2.28. The highest BCUT2D eigenvalue weighted by Crippen LogP contribution is 2.45. The molecule has 1 aromatic rings. The molecular formula is C12H20N2S3. The molecule has 5 heteroatoms. The summed E-state index contributed by atoms with van der Waals surface area (Å²) in [6.07, 6.45) is 0.972. The van der Waals surface area contributed by atoms with E-state index in [0.29, 0.717) is 5.25 Å². The maximum Gasteiger partial charge on any atom is 0.107 e. The molecule has 2 rings (SSSR count). The summed E-state index contributed by atoms with van der Waals surface area (Å²) in [5.74, 6) is 1.20. The second-order valence-electron chi connectivity index (χ2n) is 4.47. The van der Waals surface area contributed by atoms with Crippen molar-refractivity contribution in [1.29, 1.82) is 0 Å². The first-order valence-electron chi connectivity index (χ1n) is 6.05. The molecule has 0 saturated carbocycles. The minimum atomic E-state index is 0.585. The Bertz CT molecular complexity index is 378. The summed E-state index contributed by atoms with van der Waals surface area (Å²) in [6, 6.07) is 0. The molecule has 17 heavy (non-hydrogen) atoms. The Morgan fingerprint density at radius 3 is 2.76 bits per heavy atom. The number of nitrogens with zero attached hydrogens (tertiary/aromatic N) is 1. The zero-order valence-electron chi connectivity index (χ0n) is 10.6. The van der Waals surface area contributed by atoms with Crippen LogP contribution in [0, 0.1) is 6.92 Å². The smallest absolute Gasteiger partial charge is 0.107 e. The van der Waals surface area contributed by atoms with Gasteiger partial charge in [-0.05, 0) is 19.9 Å². The number of thiazole rings is 1. The zero-order chi connectivity index (χ0) is 12.4. The van der Waals surface area contributed by atoms with Gasteiger partial charge < -0.3 is 5.73 Å². The molecule has 1 aromatic heterocycles. The highest BCUT2D eigenvalue weighted by molar-refractivity contribution is 8.07. The van der Waals surface area contributed by atoms with Gasteiger partial charge in [0.15, 0.2) is 0 Å². The van der Waals surface area contributed by atoms with Gasteiger partial charge in [-0.2, -0.15) is 11.8 Å². The van der Waals surface area contributed by atoms with Gasteiger partial charge in [0.1, 0.15) is 5.01 Å². The molecule has 0 aliphatic carbocycles. The molecule has 3 atom stereocenters. The van der Waals surface area contributed by atoms with Crippen molar-refractivity contribution in [2.75, 3.05) is 12.3 Å². The molecule has 0 radical (unpaired) electrons. The molecule has 2 N–H and O–H groups in total. The van der Waals surface area contributed by atoms with Crippen molar-refractivity contribution in [2.24, 2.45) is 5.73 Å². The van der Waals surface area contributed by atoms with E-state index in [4.69, 9.17) is 10.7 Å². The third-order valence-corrected chi connectivity index (χ3v) is 7.99. The number of hydrogen-bond donors (Lipinski definition) is 1. The zero-order valence-corrected chi connectivity index (χ0v) is 13.1. The highest BCUT2D eigenvalue weighted by atomic mass is 32.2. The Balaban J connectivity index is 2.09. The number of rotatable bonds is 3. The van der Waals surface area contributed by atoms with Crippen molar-refractivity contribution in [3.63, 3.8) is 0 Å². The van der Waals surface area contributed by atoms with Crippen molar-refractivity contribution in [3.05, 3.63) is 15.6 Å². The molecule has 1 saturated heterocycles. The van der Waals surface area contributed by atoms with Crippen LogP contribution in [0.5, 0.6) is 0 Å². The Morgan fingerprint density at radius 1 is 1.35 bits per heavy atom. The Labute approximate surface area is 116 Å². The maximum atomic E-state index is 5.63.